The molecule has 0 saturated carbocycles. The van der Waals surface area contributed by atoms with Crippen molar-refractivity contribution in [2.24, 2.45) is 11.3 Å². The lowest BCUT2D eigenvalue weighted by atomic mass is 9.79. The maximum Gasteiger partial charge on any atom is 0.226 e. The van der Waals surface area contributed by atoms with Crippen molar-refractivity contribution in [3.8, 4) is 0 Å². The predicted molar refractivity (Wildman–Crippen MR) is 81.4 cm³/mol. The van der Waals surface area contributed by atoms with Crippen LogP contribution in [-0.2, 0) is 14.6 Å². The number of hydrogen-bond acceptors (Lipinski definition) is 3. The number of benzene rings is 1. The quantitative estimate of drug-likeness (QED) is 0.597. The van der Waals surface area contributed by atoms with E-state index in [0.717, 1.165) is 12.0 Å². The van der Waals surface area contributed by atoms with E-state index in [2.05, 4.69) is 32.9 Å². The van der Waals surface area contributed by atoms with E-state index in [1.165, 1.54) is 7.11 Å². The molecule has 0 radical (unpaired) electrons. The molecule has 0 aliphatic carbocycles. The number of hydrogen-bond donors (Lipinski definition) is 0. The minimum Gasteiger partial charge on any atom is -0.335 e. The van der Waals surface area contributed by atoms with Crippen molar-refractivity contribution in [1.82, 2.24) is 4.90 Å². The van der Waals surface area contributed by atoms with Gasteiger partial charge in [-0.05, 0) is 18.9 Å². The van der Waals surface area contributed by atoms with E-state index in [1.807, 2.05) is 23.1 Å². The van der Waals surface area contributed by atoms with Crippen LogP contribution in [-0.4, -0.2) is 31.1 Å². The van der Waals surface area contributed by atoms with E-state index >= 15 is 0 Å². The molecule has 0 aromatic heterocycles. The Morgan fingerprint density at radius 2 is 2.05 bits per heavy atom. The SMILES string of the molecule is CCC1C(=O)N([C@H](C)c2ccccc2)CC1(C)COOC. The average Bonchev–Trinajstić information content (AvgIpc) is 2.76. The third-order valence-corrected chi connectivity index (χ3v) is 4.62. The van der Waals surface area contributed by atoms with Gasteiger partial charge in [-0.3, -0.25) is 4.79 Å². The molecule has 4 heteroatoms. The summed E-state index contributed by atoms with van der Waals surface area (Å²) in [5.41, 5.74) is 0.961. The van der Waals surface area contributed by atoms with Gasteiger partial charge in [-0.25, -0.2) is 9.78 Å². The predicted octanol–water partition coefficient (Wildman–Crippen LogP) is 3.20. The second kappa shape index (κ2) is 6.58. The highest BCUT2D eigenvalue weighted by atomic mass is 17.2. The Morgan fingerprint density at radius 3 is 2.62 bits per heavy atom. The van der Waals surface area contributed by atoms with Gasteiger partial charge < -0.3 is 4.90 Å². The summed E-state index contributed by atoms with van der Waals surface area (Å²) in [5.74, 6) is 0.204. The molecule has 0 spiro atoms. The number of amides is 1. The highest BCUT2D eigenvalue weighted by molar-refractivity contribution is 5.82. The molecule has 0 bridgehead atoms. The topological polar surface area (TPSA) is 38.8 Å². The molecular formula is C17H25NO3. The molecule has 1 aliphatic rings. The minimum absolute atomic E-state index is 0.0150. The normalized spacial score (nSPS) is 27.1. The summed E-state index contributed by atoms with van der Waals surface area (Å²) in [6.07, 6.45) is 0.820. The Balaban J connectivity index is 2.20. The van der Waals surface area contributed by atoms with E-state index < -0.39 is 0 Å². The monoisotopic (exact) mass is 291 g/mol. The molecule has 1 aromatic rings. The molecule has 0 N–H and O–H groups in total. The van der Waals surface area contributed by atoms with Gasteiger partial charge in [-0.15, -0.1) is 0 Å². The number of likely N-dealkylation sites (tertiary alicyclic amines) is 1. The Hall–Kier alpha value is -1.39. The highest BCUT2D eigenvalue weighted by Gasteiger charge is 2.49. The molecule has 3 atom stereocenters. The van der Waals surface area contributed by atoms with Crippen LogP contribution < -0.4 is 0 Å². The zero-order valence-corrected chi connectivity index (χ0v) is 13.3. The van der Waals surface area contributed by atoms with E-state index in [4.69, 9.17) is 9.78 Å². The summed E-state index contributed by atoms with van der Waals surface area (Å²) in [7, 11) is 1.51. The fraction of sp³-hybridized carbons (Fsp3) is 0.588. The van der Waals surface area contributed by atoms with Gasteiger partial charge >= 0.3 is 0 Å². The maximum atomic E-state index is 12.8. The van der Waals surface area contributed by atoms with Gasteiger partial charge in [0.05, 0.1) is 19.8 Å². The summed E-state index contributed by atoms with van der Waals surface area (Å²) in [6, 6.07) is 10.2. The highest BCUT2D eigenvalue weighted by Crippen LogP contribution is 2.42. The fourth-order valence-electron chi connectivity index (χ4n) is 3.32. The number of carbonyl (C=O) groups is 1. The largest absolute Gasteiger partial charge is 0.335 e. The average molecular weight is 291 g/mol. The molecule has 1 saturated heterocycles. The molecule has 1 aromatic carbocycles. The fourth-order valence-corrected chi connectivity index (χ4v) is 3.32. The van der Waals surface area contributed by atoms with Gasteiger partial charge in [0.1, 0.15) is 0 Å². The van der Waals surface area contributed by atoms with Crippen LogP contribution in [0.15, 0.2) is 30.3 Å². The lowest BCUT2D eigenvalue weighted by Gasteiger charge is -2.28. The van der Waals surface area contributed by atoms with Gasteiger partial charge in [0.2, 0.25) is 5.91 Å². The van der Waals surface area contributed by atoms with E-state index in [0.29, 0.717) is 13.2 Å². The van der Waals surface area contributed by atoms with Crippen LogP contribution in [0.5, 0.6) is 0 Å². The van der Waals surface area contributed by atoms with Crippen LogP contribution in [0.2, 0.25) is 0 Å². The number of carbonyl (C=O) groups excluding carboxylic acids is 1. The number of nitrogens with zero attached hydrogens (tertiary/aromatic N) is 1. The molecule has 116 valence electrons. The van der Waals surface area contributed by atoms with Crippen LogP contribution >= 0.6 is 0 Å². The first-order valence-electron chi connectivity index (χ1n) is 7.54. The molecule has 1 heterocycles. The summed E-state index contributed by atoms with van der Waals surface area (Å²) in [5, 5.41) is 0. The Bertz CT molecular complexity index is 476. The van der Waals surface area contributed by atoms with E-state index in [-0.39, 0.29) is 23.3 Å². The zero-order valence-electron chi connectivity index (χ0n) is 13.3. The molecular weight excluding hydrogens is 266 g/mol. The first-order valence-corrected chi connectivity index (χ1v) is 7.54. The van der Waals surface area contributed by atoms with Crippen LogP contribution in [0.4, 0.5) is 0 Å². The van der Waals surface area contributed by atoms with Gasteiger partial charge in [0.25, 0.3) is 0 Å². The van der Waals surface area contributed by atoms with Crippen molar-refractivity contribution >= 4 is 5.91 Å². The summed E-state index contributed by atoms with van der Waals surface area (Å²) in [4.78, 5) is 24.6. The molecule has 1 amide bonds. The van der Waals surface area contributed by atoms with Crippen LogP contribution in [0.1, 0.15) is 38.8 Å². The first kappa shape index (κ1) is 16.0. The van der Waals surface area contributed by atoms with Crippen molar-refractivity contribution in [2.75, 3.05) is 20.3 Å². The van der Waals surface area contributed by atoms with Crippen LogP contribution in [0, 0.1) is 11.3 Å². The maximum absolute atomic E-state index is 12.8. The van der Waals surface area contributed by atoms with Crippen molar-refractivity contribution in [2.45, 2.75) is 33.2 Å². The molecule has 2 unspecified atom stereocenters. The molecule has 4 nitrogen and oxygen atoms in total. The van der Waals surface area contributed by atoms with Crippen LogP contribution in [0.25, 0.3) is 0 Å². The zero-order chi connectivity index (χ0) is 15.5. The smallest absolute Gasteiger partial charge is 0.226 e. The van der Waals surface area contributed by atoms with E-state index in [9.17, 15) is 4.79 Å². The molecule has 2 rings (SSSR count). The van der Waals surface area contributed by atoms with Gasteiger partial charge in [0, 0.05) is 17.9 Å². The lowest BCUT2D eigenvalue weighted by molar-refractivity contribution is -0.290. The third-order valence-electron chi connectivity index (χ3n) is 4.62. The first-order chi connectivity index (χ1) is 10.0. The van der Waals surface area contributed by atoms with Gasteiger partial charge in [-0.1, -0.05) is 44.2 Å². The molecule has 1 fully saturated rings. The molecule has 1 aliphatic heterocycles. The standard InChI is InChI=1S/C17H25NO3/c1-5-15-16(19)18(11-17(15,3)12-21-20-4)13(2)14-9-7-6-8-10-14/h6-10,13,15H,5,11-12H2,1-4H3/t13-,15?,17?/m1/s1. The second-order valence-corrected chi connectivity index (χ2v) is 6.10. The van der Waals surface area contributed by atoms with Crippen LogP contribution in [0.3, 0.4) is 0 Å². The van der Waals surface area contributed by atoms with E-state index in [1.54, 1.807) is 0 Å². The minimum atomic E-state index is -0.203. The number of rotatable bonds is 6. The van der Waals surface area contributed by atoms with Crippen molar-refractivity contribution in [3.63, 3.8) is 0 Å². The van der Waals surface area contributed by atoms with Crippen molar-refractivity contribution < 1.29 is 14.6 Å². The lowest BCUT2D eigenvalue weighted by Crippen LogP contribution is -2.32. The summed E-state index contributed by atoms with van der Waals surface area (Å²) >= 11 is 0. The third kappa shape index (κ3) is 3.11. The second-order valence-electron chi connectivity index (χ2n) is 6.10. The van der Waals surface area contributed by atoms with Crippen molar-refractivity contribution in [1.29, 1.82) is 0 Å². The summed E-state index contributed by atoms with van der Waals surface area (Å²) < 4.78 is 0. The Morgan fingerprint density at radius 1 is 1.38 bits per heavy atom. The van der Waals surface area contributed by atoms with Crippen molar-refractivity contribution in [3.05, 3.63) is 35.9 Å². The Kier molecular flexibility index (Phi) is 5.01. The molecule has 21 heavy (non-hydrogen) atoms. The summed E-state index contributed by atoms with van der Waals surface area (Å²) in [6.45, 7) is 7.39. The van der Waals surface area contributed by atoms with Gasteiger partial charge in [0.15, 0.2) is 0 Å². The Labute approximate surface area is 127 Å². The van der Waals surface area contributed by atoms with Gasteiger partial charge in [-0.2, -0.15) is 0 Å².